The van der Waals surface area contributed by atoms with Gasteiger partial charge in [0, 0.05) is 4.90 Å². The smallest absolute Gasteiger partial charge is 0.378 e. The molecule has 0 heterocycles. The maximum Gasteiger partial charge on any atom is 0.421 e. The summed E-state index contributed by atoms with van der Waals surface area (Å²) < 4.78 is 85.1. The van der Waals surface area contributed by atoms with E-state index in [1.807, 2.05) is 30.3 Å². The first kappa shape index (κ1) is 19.1. The zero-order valence-corrected chi connectivity index (χ0v) is 11.1. The maximum atomic E-state index is 12.0. The normalized spacial score (nSPS) is 14.2. The van der Waals surface area contributed by atoms with E-state index in [0.29, 0.717) is 0 Å². The summed E-state index contributed by atoms with van der Waals surface area (Å²) in [5, 5.41) is 2.17. The first-order valence-electron chi connectivity index (χ1n) is 4.63. The van der Waals surface area contributed by atoms with Crippen molar-refractivity contribution < 1.29 is 40.0 Å². The fraction of sp³-hybridized carbons (Fsp3) is 0.333. The third-order valence-corrected chi connectivity index (χ3v) is 2.94. The number of alkyl halides is 5. The molecule has 11 heteroatoms. The molecular formula is C9H9F5O4S2. The first-order valence-corrected chi connectivity index (χ1v) is 6.52. The molecule has 2 N–H and O–H groups in total. The van der Waals surface area contributed by atoms with Gasteiger partial charge in [-0.15, -0.1) is 12.6 Å². The Morgan fingerprint density at radius 2 is 1.45 bits per heavy atom. The molecule has 0 bridgehead atoms. The summed E-state index contributed by atoms with van der Waals surface area (Å²) in [5.74, 6) is 0. The van der Waals surface area contributed by atoms with Crippen molar-refractivity contribution in [2.75, 3.05) is 0 Å². The van der Waals surface area contributed by atoms with Crippen LogP contribution in [0.15, 0.2) is 35.2 Å². The summed E-state index contributed by atoms with van der Waals surface area (Å²) in [5.41, 5.74) is 0. The van der Waals surface area contributed by atoms with Crippen molar-refractivity contribution >= 4 is 22.7 Å². The van der Waals surface area contributed by atoms with Crippen LogP contribution in [0, 0.1) is 0 Å². The van der Waals surface area contributed by atoms with Gasteiger partial charge in [-0.25, -0.2) is 0 Å². The molecule has 0 aromatic heterocycles. The first-order chi connectivity index (χ1) is 8.80. The van der Waals surface area contributed by atoms with Crippen LogP contribution in [-0.2, 0) is 10.1 Å². The molecule has 0 aliphatic carbocycles. The minimum absolute atomic E-state index is 1.02. The van der Waals surface area contributed by atoms with Gasteiger partial charge in [-0.2, -0.15) is 30.4 Å². The highest BCUT2D eigenvalue weighted by atomic mass is 32.2. The van der Waals surface area contributed by atoms with Gasteiger partial charge in [0.15, 0.2) is 0 Å². The molecule has 1 aromatic rings. The third kappa shape index (κ3) is 5.61. The molecule has 0 aliphatic heterocycles. The fourth-order valence-corrected chi connectivity index (χ4v) is 1.35. The van der Waals surface area contributed by atoms with Crippen molar-refractivity contribution in [3.8, 4) is 0 Å². The van der Waals surface area contributed by atoms with E-state index in [0.717, 1.165) is 4.90 Å². The zero-order valence-electron chi connectivity index (χ0n) is 9.42. The summed E-state index contributed by atoms with van der Waals surface area (Å²) in [6.07, 6.45) is -10.3. The number of rotatable bonds is 2. The minimum Gasteiger partial charge on any atom is -0.378 e. The van der Waals surface area contributed by atoms with E-state index in [4.69, 9.17) is 9.66 Å². The van der Waals surface area contributed by atoms with E-state index in [2.05, 4.69) is 12.6 Å². The van der Waals surface area contributed by atoms with Crippen LogP contribution in [0.5, 0.6) is 0 Å². The Kier molecular flexibility index (Phi) is 6.39. The van der Waals surface area contributed by atoms with Gasteiger partial charge < -0.3 is 5.11 Å². The number of hydrogen-bond acceptors (Lipinski definition) is 4. The molecule has 1 atom stereocenters. The van der Waals surface area contributed by atoms with Crippen LogP contribution < -0.4 is 0 Å². The second-order valence-electron chi connectivity index (χ2n) is 3.32. The molecule has 1 rings (SSSR count). The van der Waals surface area contributed by atoms with Crippen molar-refractivity contribution in [3.63, 3.8) is 0 Å². The topological polar surface area (TPSA) is 74.6 Å². The van der Waals surface area contributed by atoms with Gasteiger partial charge in [-0.1, -0.05) is 18.2 Å². The highest BCUT2D eigenvalue weighted by molar-refractivity contribution is 7.86. The second kappa shape index (κ2) is 6.70. The molecule has 0 saturated carbocycles. The van der Waals surface area contributed by atoms with Crippen LogP contribution in [-0.4, -0.2) is 35.6 Å². The molecule has 4 nitrogen and oxygen atoms in total. The summed E-state index contributed by atoms with van der Waals surface area (Å²) in [6, 6.07) is 9.79. The van der Waals surface area contributed by atoms with E-state index in [9.17, 15) is 30.4 Å². The fourth-order valence-electron chi connectivity index (χ4n) is 0.760. The van der Waals surface area contributed by atoms with Gasteiger partial charge in [0.25, 0.3) is 0 Å². The Labute approximate surface area is 116 Å². The molecule has 0 saturated heterocycles. The van der Waals surface area contributed by atoms with E-state index < -0.39 is 27.7 Å². The molecule has 0 radical (unpaired) electrons. The molecule has 0 spiro atoms. The monoisotopic (exact) mass is 340 g/mol. The molecule has 0 amide bonds. The molecule has 20 heavy (non-hydrogen) atoms. The Morgan fingerprint density at radius 3 is 1.60 bits per heavy atom. The lowest BCUT2D eigenvalue weighted by molar-refractivity contribution is -0.248. The minimum atomic E-state index is -6.29. The van der Waals surface area contributed by atoms with Gasteiger partial charge in [-0.3, -0.25) is 4.55 Å². The Balaban J connectivity index is 0.000000428. The summed E-state index contributed by atoms with van der Waals surface area (Å²) in [6.45, 7) is 0. The number of thiol groups is 1. The Bertz CT molecular complexity index is 515. The van der Waals surface area contributed by atoms with Gasteiger partial charge in [-0.05, 0) is 12.1 Å². The van der Waals surface area contributed by atoms with Crippen molar-refractivity contribution in [2.24, 2.45) is 0 Å². The lowest BCUT2D eigenvalue weighted by Gasteiger charge is -2.21. The molecular weight excluding hydrogens is 331 g/mol. The van der Waals surface area contributed by atoms with Crippen LogP contribution in [0.2, 0.25) is 0 Å². The number of aliphatic hydroxyl groups is 1. The van der Waals surface area contributed by atoms with Crippen LogP contribution in [0.1, 0.15) is 0 Å². The molecule has 116 valence electrons. The molecule has 1 aromatic carbocycles. The standard InChI is InChI=1S/C6H6S.C3H3F5O4S/c7-6-4-2-1-3-5-6;4-2(5,6)1(9)3(7,8)13(10,11)12/h1-5,7H;1,9H,(H,10,11,12). The van der Waals surface area contributed by atoms with E-state index in [1.54, 1.807) is 0 Å². The average molecular weight is 340 g/mol. The van der Waals surface area contributed by atoms with Crippen molar-refractivity contribution in [3.05, 3.63) is 30.3 Å². The van der Waals surface area contributed by atoms with Crippen LogP contribution in [0.4, 0.5) is 22.0 Å². The van der Waals surface area contributed by atoms with Gasteiger partial charge >= 0.3 is 21.5 Å². The molecule has 0 fully saturated rings. The average Bonchev–Trinajstić information content (AvgIpc) is 2.27. The van der Waals surface area contributed by atoms with Gasteiger partial charge in [0.2, 0.25) is 6.10 Å². The van der Waals surface area contributed by atoms with Crippen LogP contribution >= 0.6 is 12.6 Å². The number of benzene rings is 1. The van der Waals surface area contributed by atoms with E-state index in [-0.39, 0.29) is 0 Å². The number of halogens is 5. The summed E-state index contributed by atoms with van der Waals surface area (Å²) >= 11 is 4.08. The maximum absolute atomic E-state index is 12.0. The Morgan fingerprint density at radius 1 is 1.05 bits per heavy atom. The van der Waals surface area contributed by atoms with E-state index in [1.165, 1.54) is 0 Å². The van der Waals surface area contributed by atoms with Crippen molar-refractivity contribution in [1.29, 1.82) is 0 Å². The second-order valence-corrected chi connectivity index (χ2v) is 5.33. The lowest BCUT2D eigenvalue weighted by Crippen LogP contribution is -2.49. The van der Waals surface area contributed by atoms with Crippen LogP contribution in [0.3, 0.4) is 0 Å². The van der Waals surface area contributed by atoms with Gasteiger partial charge in [0.05, 0.1) is 0 Å². The quantitative estimate of drug-likeness (QED) is 0.439. The Hall–Kier alpha value is -0.910. The number of hydrogen-bond donors (Lipinski definition) is 3. The van der Waals surface area contributed by atoms with Crippen molar-refractivity contribution in [2.45, 2.75) is 22.4 Å². The third-order valence-electron chi connectivity index (χ3n) is 1.73. The lowest BCUT2D eigenvalue weighted by atomic mass is 10.4. The molecule has 1 unspecified atom stereocenters. The molecule has 0 aliphatic rings. The van der Waals surface area contributed by atoms with Crippen molar-refractivity contribution in [1.82, 2.24) is 0 Å². The zero-order chi connectivity index (χ0) is 16.2. The highest BCUT2D eigenvalue weighted by Gasteiger charge is 2.62. The summed E-state index contributed by atoms with van der Waals surface area (Å²) in [7, 11) is -6.29. The van der Waals surface area contributed by atoms with Gasteiger partial charge in [0.1, 0.15) is 0 Å². The predicted octanol–water partition coefficient (Wildman–Crippen LogP) is 2.37. The number of aliphatic hydroxyl groups excluding tert-OH is 1. The SMILES string of the molecule is O=S(=O)(O)C(F)(F)C(O)C(F)(F)F.Sc1ccccc1. The van der Waals surface area contributed by atoms with E-state index >= 15 is 0 Å². The largest absolute Gasteiger partial charge is 0.421 e. The van der Waals surface area contributed by atoms with Crippen LogP contribution in [0.25, 0.3) is 0 Å². The predicted molar refractivity (Wildman–Crippen MR) is 62.3 cm³/mol. The summed E-state index contributed by atoms with van der Waals surface area (Å²) in [4.78, 5) is 1.02. The highest BCUT2D eigenvalue weighted by Crippen LogP contribution is 2.35.